The number of carbonyl (C=O) groups is 2. The lowest BCUT2D eigenvalue weighted by Gasteiger charge is -2.18. The number of fused-ring (bicyclic) bond motifs is 1. The van der Waals surface area contributed by atoms with Crippen molar-refractivity contribution < 1.29 is 19.2 Å². The molecule has 27 heavy (non-hydrogen) atoms. The highest BCUT2D eigenvalue weighted by Gasteiger charge is 2.20. The Morgan fingerprint density at radius 2 is 1.93 bits per heavy atom. The molecule has 0 bridgehead atoms. The number of nitrogens with zero attached hydrogens (tertiary/aromatic N) is 1. The third kappa shape index (κ3) is 4.42. The number of aryl methyl sites for hydroxylation is 1. The van der Waals surface area contributed by atoms with Crippen molar-refractivity contribution in [3.63, 3.8) is 0 Å². The van der Waals surface area contributed by atoms with Crippen LogP contribution in [0.5, 0.6) is 5.75 Å². The Balaban J connectivity index is 1.82. The largest absolute Gasteiger partial charge is 0.488 e. The number of hydrogen-bond acceptors (Lipinski definition) is 4. The van der Waals surface area contributed by atoms with Gasteiger partial charge in [-0.15, -0.1) is 0 Å². The average Bonchev–Trinajstić information content (AvgIpc) is 2.66. The quantitative estimate of drug-likeness (QED) is 0.550. The topological polar surface area (TPSA) is 55.8 Å². The number of amides is 1. The molecule has 0 atom stereocenters. The Bertz CT molecular complexity index is 898. The molecule has 5 nitrogen and oxygen atoms in total. The van der Waals surface area contributed by atoms with Crippen LogP contribution in [0.15, 0.2) is 39.3 Å². The standard InChI is InChI=1S/C20H19Br2NO4/c1-23(26-2)20(25)13-6-7-16(21)14(8-13)11-27-19-10-15-12(9-17(19)22)4-3-5-18(15)24/h6-10H,3-5,11H2,1-2H3. The Kier molecular flexibility index (Phi) is 6.34. The van der Waals surface area contributed by atoms with Crippen molar-refractivity contribution in [2.75, 3.05) is 14.2 Å². The van der Waals surface area contributed by atoms with E-state index >= 15 is 0 Å². The van der Waals surface area contributed by atoms with Crippen LogP contribution in [0.3, 0.4) is 0 Å². The van der Waals surface area contributed by atoms with Crippen LogP contribution in [0.1, 0.15) is 44.7 Å². The zero-order valence-corrected chi connectivity index (χ0v) is 18.2. The van der Waals surface area contributed by atoms with E-state index in [4.69, 9.17) is 9.57 Å². The van der Waals surface area contributed by atoms with Crippen molar-refractivity contribution in [2.24, 2.45) is 0 Å². The van der Waals surface area contributed by atoms with Crippen molar-refractivity contribution in [3.8, 4) is 5.75 Å². The third-order valence-electron chi connectivity index (χ3n) is 4.54. The van der Waals surface area contributed by atoms with Crippen molar-refractivity contribution >= 4 is 43.6 Å². The van der Waals surface area contributed by atoms with E-state index in [0.29, 0.717) is 17.7 Å². The Morgan fingerprint density at radius 1 is 1.15 bits per heavy atom. The lowest BCUT2D eigenvalue weighted by atomic mass is 9.90. The summed E-state index contributed by atoms with van der Waals surface area (Å²) in [6.07, 6.45) is 2.38. The summed E-state index contributed by atoms with van der Waals surface area (Å²) >= 11 is 7.02. The number of hydrogen-bond donors (Lipinski definition) is 0. The molecule has 7 heteroatoms. The van der Waals surface area contributed by atoms with Gasteiger partial charge in [0.15, 0.2) is 5.78 Å². The number of Topliss-reactive ketones (excluding diaryl/α,β-unsaturated/α-hetero) is 1. The van der Waals surface area contributed by atoms with Crippen molar-refractivity contribution in [1.29, 1.82) is 0 Å². The molecular weight excluding hydrogens is 478 g/mol. The number of halogens is 2. The average molecular weight is 497 g/mol. The molecule has 3 rings (SSSR count). The second-order valence-electron chi connectivity index (χ2n) is 6.30. The van der Waals surface area contributed by atoms with Gasteiger partial charge in [0.1, 0.15) is 12.4 Å². The molecule has 1 aliphatic carbocycles. The number of ketones is 1. The molecule has 0 heterocycles. The molecule has 0 fully saturated rings. The fourth-order valence-electron chi connectivity index (χ4n) is 2.98. The number of hydroxylamine groups is 2. The van der Waals surface area contributed by atoms with Crippen LogP contribution in [-0.4, -0.2) is 30.9 Å². The van der Waals surface area contributed by atoms with E-state index in [-0.39, 0.29) is 18.3 Å². The molecule has 1 amide bonds. The molecule has 0 N–H and O–H groups in total. The highest BCUT2D eigenvalue weighted by atomic mass is 79.9. The van der Waals surface area contributed by atoms with Gasteiger partial charge in [-0.05, 0) is 64.7 Å². The summed E-state index contributed by atoms with van der Waals surface area (Å²) in [6.45, 7) is 0.254. The molecule has 2 aromatic carbocycles. The molecule has 1 aliphatic rings. The maximum Gasteiger partial charge on any atom is 0.277 e. The van der Waals surface area contributed by atoms with Gasteiger partial charge in [0, 0.05) is 34.6 Å². The Morgan fingerprint density at radius 3 is 2.67 bits per heavy atom. The summed E-state index contributed by atoms with van der Waals surface area (Å²) in [5.74, 6) is 0.526. The highest BCUT2D eigenvalue weighted by molar-refractivity contribution is 9.10. The molecule has 0 aliphatic heterocycles. The van der Waals surface area contributed by atoms with Gasteiger partial charge in [0.2, 0.25) is 0 Å². The first-order chi connectivity index (χ1) is 12.9. The Hall–Kier alpha value is -1.70. The maximum atomic E-state index is 12.3. The summed E-state index contributed by atoms with van der Waals surface area (Å²) in [5, 5.41) is 1.17. The minimum absolute atomic E-state index is 0.157. The van der Waals surface area contributed by atoms with E-state index in [0.717, 1.165) is 38.5 Å². The molecule has 142 valence electrons. The highest BCUT2D eigenvalue weighted by Crippen LogP contribution is 2.33. The van der Waals surface area contributed by atoms with E-state index in [1.165, 1.54) is 12.2 Å². The lowest BCUT2D eigenvalue weighted by molar-refractivity contribution is -0.0757. The predicted octanol–water partition coefficient (Wildman–Crippen LogP) is 4.94. The van der Waals surface area contributed by atoms with E-state index in [1.807, 2.05) is 12.1 Å². The molecule has 0 saturated heterocycles. The smallest absolute Gasteiger partial charge is 0.277 e. The maximum absolute atomic E-state index is 12.3. The van der Waals surface area contributed by atoms with Crippen LogP contribution in [-0.2, 0) is 17.9 Å². The van der Waals surface area contributed by atoms with Gasteiger partial charge in [-0.25, -0.2) is 5.06 Å². The number of benzene rings is 2. The first-order valence-corrected chi connectivity index (χ1v) is 10.1. The fourth-order valence-corrected chi connectivity index (χ4v) is 3.85. The van der Waals surface area contributed by atoms with Crippen LogP contribution < -0.4 is 4.74 Å². The fraction of sp³-hybridized carbons (Fsp3) is 0.300. The van der Waals surface area contributed by atoms with E-state index < -0.39 is 0 Å². The van der Waals surface area contributed by atoms with Crippen LogP contribution in [0, 0.1) is 0 Å². The zero-order chi connectivity index (χ0) is 19.6. The molecule has 0 radical (unpaired) electrons. The molecule has 2 aromatic rings. The van der Waals surface area contributed by atoms with Gasteiger partial charge < -0.3 is 4.74 Å². The van der Waals surface area contributed by atoms with Crippen molar-refractivity contribution in [3.05, 3.63) is 61.5 Å². The number of ether oxygens (including phenoxy) is 1. The molecule has 0 aromatic heterocycles. The second-order valence-corrected chi connectivity index (χ2v) is 8.01. The Labute approximate surface area is 174 Å². The van der Waals surface area contributed by atoms with Crippen molar-refractivity contribution in [1.82, 2.24) is 5.06 Å². The lowest BCUT2D eigenvalue weighted by Crippen LogP contribution is -2.25. The van der Waals surface area contributed by atoms with Gasteiger partial charge in [0.25, 0.3) is 5.91 Å². The van der Waals surface area contributed by atoms with E-state index in [9.17, 15) is 9.59 Å². The molecule has 0 unspecified atom stereocenters. The normalized spacial score (nSPS) is 13.3. The summed E-state index contributed by atoms with van der Waals surface area (Å²) in [5.41, 5.74) is 3.12. The van der Waals surface area contributed by atoms with E-state index in [1.54, 1.807) is 25.2 Å². The molecular formula is C20H19Br2NO4. The molecule has 0 saturated carbocycles. The van der Waals surface area contributed by atoms with Gasteiger partial charge in [-0.3, -0.25) is 14.4 Å². The van der Waals surface area contributed by atoms with Gasteiger partial charge in [-0.2, -0.15) is 0 Å². The third-order valence-corrected chi connectivity index (χ3v) is 5.94. The first kappa shape index (κ1) is 20.0. The minimum atomic E-state index is -0.244. The summed E-state index contributed by atoms with van der Waals surface area (Å²) in [7, 11) is 3.00. The van der Waals surface area contributed by atoms with E-state index in [2.05, 4.69) is 31.9 Å². The van der Waals surface area contributed by atoms with Gasteiger partial charge in [-0.1, -0.05) is 15.9 Å². The van der Waals surface area contributed by atoms with Crippen LogP contribution in [0.2, 0.25) is 0 Å². The minimum Gasteiger partial charge on any atom is -0.488 e. The van der Waals surface area contributed by atoms with Crippen LogP contribution in [0.4, 0.5) is 0 Å². The molecule has 0 spiro atoms. The second kappa shape index (κ2) is 8.54. The zero-order valence-electron chi connectivity index (χ0n) is 15.1. The summed E-state index contributed by atoms with van der Waals surface area (Å²) < 4.78 is 7.61. The van der Waals surface area contributed by atoms with Gasteiger partial charge >= 0.3 is 0 Å². The summed E-state index contributed by atoms with van der Waals surface area (Å²) in [4.78, 5) is 29.4. The first-order valence-electron chi connectivity index (χ1n) is 8.49. The van der Waals surface area contributed by atoms with Crippen LogP contribution in [0.25, 0.3) is 0 Å². The number of carbonyl (C=O) groups excluding carboxylic acids is 2. The SMILES string of the molecule is CON(C)C(=O)c1ccc(Br)c(COc2cc3c(cc2Br)CCCC3=O)c1. The summed E-state index contributed by atoms with van der Waals surface area (Å²) in [6, 6.07) is 9.06. The van der Waals surface area contributed by atoms with Crippen LogP contribution >= 0.6 is 31.9 Å². The van der Waals surface area contributed by atoms with Gasteiger partial charge in [0.05, 0.1) is 11.6 Å². The van der Waals surface area contributed by atoms with Crippen molar-refractivity contribution in [2.45, 2.75) is 25.9 Å². The monoisotopic (exact) mass is 495 g/mol. The predicted molar refractivity (Wildman–Crippen MR) is 109 cm³/mol. The number of rotatable bonds is 5.